The number of amides is 2. The molecule has 6 heteroatoms. The first-order valence-corrected chi connectivity index (χ1v) is 12.6. The average Bonchev–Trinajstić information content (AvgIpc) is 2.95. The van der Waals surface area contributed by atoms with Crippen molar-refractivity contribution in [2.75, 3.05) is 18.4 Å². The van der Waals surface area contributed by atoms with Gasteiger partial charge in [-0.15, -0.1) is 0 Å². The zero-order valence-corrected chi connectivity index (χ0v) is 20.3. The van der Waals surface area contributed by atoms with E-state index in [2.05, 4.69) is 17.4 Å². The quantitative estimate of drug-likeness (QED) is 0.437. The molecule has 6 rings (SSSR count). The number of carbonyl (C=O) groups is 2. The number of piperidine rings is 1. The van der Waals surface area contributed by atoms with Crippen molar-refractivity contribution < 1.29 is 9.59 Å². The minimum absolute atomic E-state index is 0.0249. The third-order valence-corrected chi connectivity index (χ3v) is 7.41. The second-order valence-corrected chi connectivity index (χ2v) is 9.86. The first-order valence-electron chi connectivity index (χ1n) is 12.6. The van der Waals surface area contributed by atoms with Crippen LogP contribution in [0, 0.1) is 5.92 Å². The van der Waals surface area contributed by atoms with Crippen molar-refractivity contribution in [3.63, 3.8) is 0 Å². The number of aromatic nitrogens is 1. The number of likely N-dealkylation sites (tertiary alicyclic amines) is 1. The molecular weight excluding hydrogens is 462 g/mol. The Bertz CT molecular complexity index is 1510. The maximum atomic E-state index is 13.4. The molecule has 1 aromatic heterocycles. The molecule has 0 spiro atoms. The van der Waals surface area contributed by atoms with Crippen LogP contribution < -0.4 is 10.9 Å². The van der Waals surface area contributed by atoms with Crippen LogP contribution >= 0.6 is 0 Å². The van der Waals surface area contributed by atoms with Crippen LogP contribution in [0.2, 0.25) is 0 Å². The molecule has 2 aliphatic heterocycles. The standard InChI is InChI=1S/C31H27N3O3/c35-29(24-9-5-2-6-10-24)32-27-15-16-28-26-17-21(19-34(28)31(27)37)18-33(20-26)30(36)25-13-11-23(12-14-25)22-7-3-1-4-8-22/h1-16,21,26H,17-20H2,(H,32,35). The van der Waals surface area contributed by atoms with Crippen LogP contribution in [-0.2, 0) is 6.54 Å². The molecule has 2 amide bonds. The molecule has 2 unspecified atom stereocenters. The molecule has 0 aliphatic carbocycles. The van der Waals surface area contributed by atoms with Gasteiger partial charge in [0.2, 0.25) is 0 Å². The molecule has 1 N–H and O–H groups in total. The zero-order valence-electron chi connectivity index (χ0n) is 20.3. The number of fused-ring (bicyclic) bond motifs is 4. The van der Waals surface area contributed by atoms with Gasteiger partial charge in [0, 0.05) is 42.4 Å². The van der Waals surface area contributed by atoms with Crippen LogP contribution in [0.4, 0.5) is 5.69 Å². The van der Waals surface area contributed by atoms with Gasteiger partial charge in [0.15, 0.2) is 0 Å². The van der Waals surface area contributed by atoms with Crippen molar-refractivity contribution in [3.05, 3.63) is 124 Å². The molecule has 184 valence electrons. The summed E-state index contributed by atoms with van der Waals surface area (Å²) in [5.74, 6) is 0.00402. The molecule has 6 nitrogen and oxygen atoms in total. The fourth-order valence-corrected chi connectivity index (χ4v) is 5.61. The SMILES string of the molecule is O=C(Nc1ccc2n(c1=O)CC1CC2CN(C(=O)c2ccc(-c3ccccc3)cc2)C1)c1ccccc1. The van der Waals surface area contributed by atoms with E-state index >= 15 is 0 Å². The van der Waals surface area contributed by atoms with E-state index in [4.69, 9.17) is 0 Å². The van der Waals surface area contributed by atoms with Crippen LogP contribution in [0.15, 0.2) is 102 Å². The highest BCUT2D eigenvalue weighted by Crippen LogP contribution is 2.36. The second-order valence-electron chi connectivity index (χ2n) is 9.86. The van der Waals surface area contributed by atoms with Crippen LogP contribution in [-0.4, -0.2) is 34.4 Å². The fraction of sp³-hybridized carbons (Fsp3) is 0.194. The number of rotatable bonds is 4. The van der Waals surface area contributed by atoms with Crippen molar-refractivity contribution in [2.24, 2.45) is 5.92 Å². The highest BCUT2D eigenvalue weighted by atomic mass is 16.2. The Kier molecular flexibility index (Phi) is 5.93. The summed E-state index contributed by atoms with van der Waals surface area (Å²) in [6.45, 7) is 1.73. The highest BCUT2D eigenvalue weighted by molar-refractivity contribution is 6.04. The van der Waals surface area contributed by atoms with Gasteiger partial charge >= 0.3 is 0 Å². The molecule has 2 atom stereocenters. The van der Waals surface area contributed by atoms with Gasteiger partial charge < -0.3 is 14.8 Å². The largest absolute Gasteiger partial charge is 0.338 e. The van der Waals surface area contributed by atoms with Crippen LogP contribution in [0.3, 0.4) is 0 Å². The van der Waals surface area contributed by atoms with Crippen molar-refractivity contribution in [3.8, 4) is 11.1 Å². The number of hydrogen-bond acceptors (Lipinski definition) is 3. The first-order chi connectivity index (χ1) is 18.1. The van der Waals surface area contributed by atoms with Gasteiger partial charge in [-0.1, -0.05) is 60.7 Å². The molecule has 0 radical (unpaired) electrons. The topological polar surface area (TPSA) is 71.4 Å². The molecule has 2 aliphatic rings. The van der Waals surface area contributed by atoms with E-state index in [9.17, 15) is 14.4 Å². The number of anilines is 1. The van der Waals surface area contributed by atoms with E-state index in [1.54, 1.807) is 34.9 Å². The van der Waals surface area contributed by atoms with E-state index < -0.39 is 0 Å². The smallest absolute Gasteiger partial charge is 0.274 e. The molecule has 1 saturated heterocycles. The van der Waals surface area contributed by atoms with Gasteiger partial charge in [0.1, 0.15) is 5.69 Å². The van der Waals surface area contributed by atoms with Gasteiger partial charge in [-0.3, -0.25) is 14.4 Å². The Morgan fingerprint density at radius 3 is 2.11 bits per heavy atom. The minimum Gasteiger partial charge on any atom is -0.338 e. The lowest BCUT2D eigenvalue weighted by molar-refractivity contribution is 0.0594. The van der Waals surface area contributed by atoms with Crippen molar-refractivity contribution in [1.82, 2.24) is 9.47 Å². The summed E-state index contributed by atoms with van der Waals surface area (Å²) in [4.78, 5) is 41.1. The van der Waals surface area contributed by atoms with E-state index in [0.717, 1.165) is 23.2 Å². The Labute approximate surface area is 215 Å². The predicted molar refractivity (Wildman–Crippen MR) is 144 cm³/mol. The maximum Gasteiger partial charge on any atom is 0.274 e. The number of carbonyl (C=O) groups excluding carboxylic acids is 2. The van der Waals surface area contributed by atoms with Gasteiger partial charge in [0.05, 0.1) is 0 Å². The number of nitrogens with zero attached hydrogens (tertiary/aromatic N) is 2. The van der Waals surface area contributed by atoms with Crippen molar-refractivity contribution in [1.29, 1.82) is 0 Å². The van der Waals surface area contributed by atoms with E-state index in [-0.39, 0.29) is 34.9 Å². The Balaban J connectivity index is 1.19. The number of benzene rings is 3. The molecule has 0 saturated carbocycles. The van der Waals surface area contributed by atoms with Crippen molar-refractivity contribution >= 4 is 17.5 Å². The number of nitrogens with one attached hydrogen (secondary N) is 1. The second kappa shape index (κ2) is 9.54. The molecule has 1 fully saturated rings. The molecule has 4 aromatic rings. The van der Waals surface area contributed by atoms with E-state index in [1.807, 2.05) is 59.5 Å². The van der Waals surface area contributed by atoms with Gasteiger partial charge in [-0.25, -0.2) is 0 Å². The van der Waals surface area contributed by atoms with Crippen LogP contribution in [0.1, 0.15) is 38.7 Å². The number of hydrogen-bond donors (Lipinski definition) is 1. The monoisotopic (exact) mass is 489 g/mol. The normalized spacial score (nSPS) is 18.1. The lowest BCUT2D eigenvalue weighted by Crippen LogP contribution is -2.49. The Hall–Kier alpha value is -4.45. The average molecular weight is 490 g/mol. The molecular formula is C31H27N3O3. The highest BCUT2D eigenvalue weighted by Gasteiger charge is 2.37. The Morgan fingerprint density at radius 2 is 1.38 bits per heavy atom. The first kappa shape index (κ1) is 23.0. The van der Waals surface area contributed by atoms with E-state index in [0.29, 0.717) is 30.8 Å². The summed E-state index contributed by atoms with van der Waals surface area (Å²) in [7, 11) is 0. The maximum absolute atomic E-state index is 13.4. The Morgan fingerprint density at radius 1 is 0.703 bits per heavy atom. The summed E-state index contributed by atoms with van der Waals surface area (Å²) < 4.78 is 1.79. The summed E-state index contributed by atoms with van der Waals surface area (Å²) in [6, 6.07) is 30.4. The summed E-state index contributed by atoms with van der Waals surface area (Å²) >= 11 is 0. The van der Waals surface area contributed by atoms with Crippen LogP contribution in [0.5, 0.6) is 0 Å². The van der Waals surface area contributed by atoms with Gasteiger partial charge in [0.25, 0.3) is 17.4 Å². The zero-order chi connectivity index (χ0) is 25.4. The minimum atomic E-state index is -0.302. The summed E-state index contributed by atoms with van der Waals surface area (Å²) in [5.41, 5.74) is 4.41. The van der Waals surface area contributed by atoms with Crippen LogP contribution in [0.25, 0.3) is 11.1 Å². The van der Waals surface area contributed by atoms with Crippen molar-refractivity contribution in [2.45, 2.75) is 18.9 Å². The van der Waals surface area contributed by atoms with Gasteiger partial charge in [-0.2, -0.15) is 0 Å². The van der Waals surface area contributed by atoms with Gasteiger partial charge in [-0.05, 0) is 59.9 Å². The molecule has 3 heterocycles. The summed E-state index contributed by atoms with van der Waals surface area (Å²) in [6.07, 6.45) is 0.950. The third kappa shape index (κ3) is 4.47. The lowest BCUT2D eigenvalue weighted by atomic mass is 9.83. The molecule has 3 aromatic carbocycles. The predicted octanol–water partition coefficient (Wildman–Crippen LogP) is 5.03. The third-order valence-electron chi connectivity index (χ3n) is 7.41. The molecule has 37 heavy (non-hydrogen) atoms. The number of pyridine rings is 1. The molecule has 2 bridgehead atoms. The van der Waals surface area contributed by atoms with E-state index in [1.165, 1.54) is 0 Å². The lowest BCUT2D eigenvalue weighted by Gasteiger charge is -2.43. The summed E-state index contributed by atoms with van der Waals surface area (Å²) in [5, 5.41) is 2.77. The fourth-order valence-electron chi connectivity index (χ4n) is 5.61.